The quantitative estimate of drug-likeness (QED) is 0.647. The molecule has 0 bridgehead atoms. The summed E-state index contributed by atoms with van der Waals surface area (Å²) in [4.78, 5) is 0. The molecule has 0 nitrogen and oxygen atoms in total. The average Bonchev–Trinajstić information content (AvgIpc) is 2.62. The van der Waals surface area contributed by atoms with Crippen molar-refractivity contribution in [3.8, 4) is 12.3 Å². The third-order valence-electron chi connectivity index (χ3n) is 4.24. The van der Waals surface area contributed by atoms with Gasteiger partial charge in [0.05, 0.1) is 0 Å². The zero-order valence-electron chi connectivity index (χ0n) is 12.1. The van der Waals surface area contributed by atoms with Crippen molar-refractivity contribution >= 4 is 6.08 Å². The van der Waals surface area contributed by atoms with Gasteiger partial charge in [0, 0.05) is 11.5 Å². The molecule has 2 rings (SSSR count). The van der Waals surface area contributed by atoms with Gasteiger partial charge in [-0.05, 0) is 56.5 Å². The number of hydrogen-bond acceptors (Lipinski definition) is 0. The fraction of sp³-hybridized carbons (Fsp3) is 0.263. The molecule has 1 aromatic carbocycles. The predicted octanol–water partition coefficient (Wildman–Crippen LogP) is 4.98. The van der Waals surface area contributed by atoms with Gasteiger partial charge in [0.2, 0.25) is 0 Å². The van der Waals surface area contributed by atoms with Crippen LogP contribution in [0.25, 0.3) is 6.08 Å². The van der Waals surface area contributed by atoms with Crippen LogP contribution < -0.4 is 0 Å². The van der Waals surface area contributed by atoms with Gasteiger partial charge in [0.25, 0.3) is 0 Å². The minimum absolute atomic E-state index is 0.451. The summed E-state index contributed by atoms with van der Waals surface area (Å²) < 4.78 is 0. The predicted molar refractivity (Wildman–Crippen MR) is 83.6 cm³/mol. The second-order valence-electron chi connectivity index (χ2n) is 5.22. The van der Waals surface area contributed by atoms with Crippen LogP contribution >= 0.6 is 0 Å². The Morgan fingerprint density at radius 3 is 1.95 bits per heavy atom. The van der Waals surface area contributed by atoms with Crippen LogP contribution in [0.2, 0.25) is 0 Å². The van der Waals surface area contributed by atoms with Crippen LogP contribution in [0.15, 0.2) is 52.6 Å². The molecule has 0 radical (unpaired) electrons. The van der Waals surface area contributed by atoms with Gasteiger partial charge in [0.1, 0.15) is 0 Å². The van der Waals surface area contributed by atoms with Crippen LogP contribution in [0.1, 0.15) is 38.8 Å². The summed E-state index contributed by atoms with van der Waals surface area (Å²) in [6, 6.07) is 8.10. The third-order valence-corrected chi connectivity index (χ3v) is 4.24. The van der Waals surface area contributed by atoms with Crippen molar-refractivity contribution in [2.75, 3.05) is 0 Å². The molecule has 0 aliphatic heterocycles. The van der Waals surface area contributed by atoms with Crippen LogP contribution in [0.5, 0.6) is 0 Å². The molecule has 0 saturated carbocycles. The standard InChI is InChI=1S/C19H20/c1-6-17-7-9-18(10-8-17)11-12-19-15(4)13(2)14(3)16(19)5/h1,7-12,19H,2-5H3. The van der Waals surface area contributed by atoms with E-state index >= 15 is 0 Å². The Balaban J connectivity index is 2.22. The number of allylic oxidation sites excluding steroid dienone is 5. The third kappa shape index (κ3) is 2.56. The summed E-state index contributed by atoms with van der Waals surface area (Å²) in [7, 11) is 0. The van der Waals surface area contributed by atoms with Crippen molar-refractivity contribution in [3.63, 3.8) is 0 Å². The molecule has 0 spiro atoms. The molecule has 0 unspecified atom stereocenters. The smallest absolute Gasteiger partial charge is 0.0243 e. The van der Waals surface area contributed by atoms with Crippen molar-refractivity contribution in [1.82, 2.24) is 0 Å². The second kappa shape index (κ2) is 5.33. The maximum Gasteiger partial charge on any atom is 0.0243 e. The lowest BCUT2D eigenvalue weighted by molar-refractivity contribution is 0.913. The Morgan fingerprint density at radius 1 is 0.947 bits per heavy atom. The highest BCUT2D eigenvalue weighted by atomic mass is 14.3. The Labute approximate surface area is 116 Å². The summed E-state index contributed by atoms with van der Waals surface area (Å²) in [6.07, 6.45) is 9.83. The van der Waals surface area contributed by atoms with Gasteiger partial charge in [-0.1, -0.05) is 41.4 Å². The van der Waals surface area contributed by atoms with Gasteiger partial charge in [0.15, 0.2) is 0 Å². The lowest BCUT2D eigenvalue weighted by Crippen LogP contribution is -1.95. The summed E-state index contributed by atoms with van der Waals surface area (Å²) in [5.41, 5.74) is 7.93. The molecular weight excluding hydrogens is 228 g/mol. The van der Waals surface area contributed by atoms with Gasteiger partial charge >= 0.3 is 0 Å². The first-order valence-electron chi connectivity index (χ1n) is 6.64. The van der Waals surface area contributed by atoms with Crippen molar-refractivity contribution < 1.29 is 0 Å². The van der Waals surface area contributed by atoms with Gasteiger partial charge in [-0.15, -0.1) is 6.42 Å². The van der Waals surface area contributed by atoms with E-state index in [2.05, 4.69) is 57.9 Å². The zero-order valence-corrected chi connectivity index (χ0v) is 12.1. The fourth-order valence-corrected chi connectivity index (χ4v) is 2.57. The summed E-state index contributed by atoms with van der Waals surface area (Å²) in [5, 5.41) is 0. The first-order chi connectivity index (χ1) is 9.04. The molecule has 0 atom stereocenters. The van der Waals surface area contributed by atoms with Crippen molar-refractivity contribution in [2.24, 2.45) is 5.92 Å². The van der Waals surface area contributed by atoms with Crippen molar-refractivity contribution in [1.29, 1.82) is 0 Å². The van der Waals surface area contributed by atoms with E-state index in [4.69, 9.17) is 6.42 Å². The normalized spacial score (nSPS) is 16.6. The summed E-state index contributed by atoms with van der Waals surface area (Å²) in [6.45, 7) is 8.88. The average molecular weight is 248 g/mol. The topological polar surface area (TPSA) is 0 Å². The highest BCUT2D eigenvalue weighted by Gasteiger charge is 2.21. The van der Waals surface area contributed by atoms with E-state index in [1.807, 2.05) is 12.1 Å². The number of rotatable bonds is 2. The van der Waals surface area contributed by atoms with E-state index in [-0.39, 0.29) is 0 Å². The molecule has 0 saturated heterocycles. The molecule has 0 heteroatoms. The van der Waals surface area contributed by atoms with E-state index in [0.29, 0.717) is 5.92 Å². The molecule has 1 aliphatic rings. The Bertz CT molecular complexity index is 589. The fourth-order valence-electron chi connectivity index (χ4n) is 2.57. The van der Waals surface area contributed by atoms with Gasteiger partial charge in [-0.2, -0.15) is 0 Å². The van der Waals surface area contributed by atoms with E-state index in [0.717, 1.165) is 5.56 Å². The molecule has 0 aromatic heterocycles. The lowest BCUT2D eigenvalue weighted by atomic mass is 9.95. The summed E-state index contributed by atoms with van der Waals surface area (Å²) >= 11 is 0. The van der Waals surface area contributed by atoms with Gasteiger partial charge < -0.3 is 0 Å². The van der Waals surface area contributed by atoms with Crippen LogP contribution in [0.3, 0.4) is 0 Å². The first kappa shape index (κ1) is 13.4. The molecule has 0 fully saturated rings. The number of terminal acetylenes is 1. The molecular formula is C19H20. The SMILES string of the molecule is C#Cc1ccc(C=CC2C(C)=C(C)C(C)=C2C)cc1. The minimum Gasteiger partial charge on any atom is -0.115 e. The highest BCUT2D eigenvalue weighted by molar-refractivity contribution is 5.56. The zero-order chi connectivity index (χ0) is 14.0. The van der Waals surface area contributed by atoms with E-state index in [1.165, 1.54) is 27.9 Å². The maximum absolute atomic E-state index is 5.36. The molecule has 19 heavy (non-hydrogen) atoms. The Morgan fingerprint density at radius 2 is 1.47 bits per heavy atom. The molecule has 0 N–H and O–H groups in total. The summed E-state index contributed by atoms with van der Waals surface area (Å²) in [5.74, 6) is 3.09. The first-order valence-corrected chi connectivity index (χ1v) is 6.64. The van der Waals surface area contributed by atoms with E-state index in [1.54, 1.807) is 0 Å². The lowest BCUT2D eigenvalue weighted by Gasteiger charge is -2.09. The molecule has 1 aromatic rings. The largest absolute Gasteiger partial charge is 0.115 e. The van der Waals surface area contributed by atoms with Gasteiger partial charge in [-0.3, -0.25) is 0 Å². The van der Waals surface area contributed by atoms with E-state index in [9.17, 15) is 0 Å². The Kier molecular flexibility index (Phi) is 3.76. The van der Waals surface area contributed by atoms with Crippen LogP contribution in [0.4, 0.5) is 0 Å². The van der Waals surface area contributed by atoms with Crippen LogP contribution in [-0.2, 0) is 0 Å². The molecule has 1 aliphatic carbocycles. The molecule has 0 amide bonds. The number of hydrogen-bond donors (Lipinski definition) is 0. The van der Waals surface area contributed by atoms with Crippen molar-refractivity contribution in [3.05, 3.63) is 63.8 Å². The molecule has 96 valence electrons. The number of benzene rings is 1. The maximum atomic E-state index is 5.36. The highest BCUT2D eigenvalue weighted by Crippen LogP contribution is 2.37. The second-order valence-corrected chi connectivity index (χ2v) is 5.22. The van der Waals surface area contributed by atoms with Crippen LogP contribution in [-0.4, -0.2) is 0 Å². The minimum atomic E-state index is 0.451. The van der Waals surface area contributed by atoms with Crippen molar-refractivity contribution in [2.45, 2.75) is 27.7 Å². The van der Waals surface area contributed by atoms with Crippen LogP contribution in [0, 0.1) is 18.3 Å². The van der Waals surface area contributed by atoms with E-state index < -0.39 is 0 Å². The Hall–Kier alpha value is -2.00. The monoisotopic (exact) mass is 248 g/mol. The van der Waals surface area contributed by atoms with Gasteiger partial charge in [-0.25, -0.2) is 0 Å². The molecule has 0 heterocycles.